The number of aliphatic imine (C=N–C) groups is 1. The van der Waals surface area contributed by atoms with Crippen LogP contribution < -0.4 is 11.1 Å². The molecule has 2 aliphatic rings. The molecule has 2 saturated carbocycles. The summed E-state index contributed by atoms with van der Waals surface area (Å²) in [6, 6.07) is 0.985. The largest absolute Gasteiger partial charge is 0.378 e. The molecule has 3 N–H and O–H groups in total. The summed E-state index contributed by atoms with van der Waals surface area (Å²) in [5.74, 6) is 0.618. The lowest BCUT2D eigenvalue weighted by molar-refractivity contribution is -0.00566. The number of guanidine groups is 1. The number of rotatable bonds is 4. The van der Waals surface area contributed by atoms with Gasteiger partial charge in [0, 0.05) is 12.6 Å². The second-order valence-corrected chi connectivity index (χ2v) is 4.14. The van der Waals surface area contributed by atoms with Crippen molar-refractivity contribution in [1.82, 2.24) is 5.32 Å². The maximum Gasteiger partial charge on any atom is 0.189 e. The number of ether oxygens (including phenoxy) is 1. The molecule has 80 valence electrons. The van der Waals surface area contributed by atoms with Crippen molar-refractivity contribution in [3.63, 3.8) is 0 Å². The van der Waals surface area contributed by atoms with E-state index < -0.39 is 0 Å². The van der Waals surface area contributed by atoms with Crippen LogP contribution in [0.1, 0.15) is 32.6 Å². The summed E-state index contributed by atoms with van der Waals surface area (Å²) < 4.78 is 5.46. The predicted molar refractivity (Wildman–Crippen MR) is 56.2 cm³/mol. The Hall–Kier alpha value is -0.770. The summed E-state index contributed by atoms with van der Waals surface area (Å²) in [5.41, 5.74) is 5.74. The quantitative estimate of drug-likeness (QED) is 0.513. The SMILES string of the molecule is CCOC1CC(NC(N)=NC2CC2)C1. The Morgan fingerprint density at radius 2 is 2.21 bits per heavy atom. The molecule has 0 aromatic rings. The molecule has 0 heterocycles. The fourth-order valence-electron chi connectivity index (χ4n) is 1.70. The van der Waals surface area contributed by atoms with E-state index in [1.165, 1.54) is 12.8 Å². The molecule has 0 spiro atoms. The van der Waals surface area contributed by atoms with Crippen molar-refractivity contribution in [3.05, 3.63) is 0 Å². The zero-order chi connectivity index (χ0) is 9.97. The molecule has 0 aliphatic heterocycles. The lowest BCUT2D eigenvalue weighted by Gasteiger charge is -2.35. The fraction of sp³-hybridized carbons (Fsp3) is 0.900. The van der Waals surface area contributed by atoms with Gasteiger partial charge in [-0.15, -0.1) is 0 Å². The number of nitrogens with one attached hydrogen (secondary N) is 1. The molecule has 0 radical (unpaired) electrons. The smallest absolute Gasteiger partial charge is 0.189 e. The van der Waals surface area contributed by atoms with E-state index in [-0.39, 0.29) is 0 Å². The Bertz CT molecular complexity index is 219. The Kier molecular flexibility index (Phi) is 2.91. The van der Waals surface area contributed by atoms with E-state index in [1.54, 1.807) is 0 Å². The van der Waals surface area contributed by atoms with Gasteiger partial charge in [-0.25, -0.2) is 0 Å². The Morgan fingerprint density at radius 3 is 2.79 bits per heavy atom. The molecule has 4 heteroatoms. The predicted octanol–water partition coefficient (Wildman–Crippen LogP) is 0.621. The Morgan fingerprint density at radius 1 is 1.50 bits per heavy atom. The molecule has 2 fully saturated rings. The normalized spacial score (nSPS) is 32.5. The second-order valence-electron chi connectivity index (χ2n) is 4.14. The van der Waals surface area contributed by atoms with Crippen molar-refractivity contribution in [3.8, 4) is 0 Å². The topological polar surface area (TPSA) is 59.6 Å². The van der Waals surface area contributed by atoms with Crippen LogP contribution in [0.4, 0.5) is 0 Å². The number of hydrogen-bond donors (Lipinski definition) is 2. The highest BCUT2D eigenvalue weighted by Gasteiger charge is 2.30. The van der Waals surface area contributed by atoms with Crippen LogP contribution in [0.2, 0.25) is 0 Å². The zero-order valence-corrected chi connectivity index (χ0v) is 8.70. The second kappa shape index (κ2) is 4.17. The molecule has 0 aromatic carbocycles. The van der Waals surface area contributed by atoms with Crippen molar-refractivity contribution in [2.75, 3.05) is 6.61 Å². The molecular formula is C10H19N3O. The third-order valence-corrected chi connectivity index (χ3v) is 2.72. The standard InChI is InChI=1S/C10H19N3O/c1-2-14-9-5-8(6-9)13-10(11)12-7-3-4-7/h7-9H,2-6H2,1H3,(H3,11,12,13). The number of nitrogens with two attached hydrogens (primary N) is 1. The summed E-state index contributed by atoms with van der Waals surface area (Å²) >= 11 is 0. The molecule has 0 atom stereocenters. The van der Waals surface area contributed by atoms with E-state index in [0.29, 0.717) is 24.1 Å². The summed E-state index contributed by atoms with van der Waals surface area (Å²) in [6.07, 6.45) is 4.97. The van der Waals surface area contributed by atoms with E-state index >= 15 is 0 Å². The van der Waals surface area contributed by atoms with Crippen molar-refractivity contribution < 1.29 is 4.74 Å². The van der Waals surface area contributed by atoms with Gasteiger partial charge in [0.25, 0.3) is 0 Å². The van der Waals surface area contributed by atoms with Crippen molar-refractivity contribution in [2.24, 2.45) is 10.7 Å². The molecule has 0 saturated heterocycles. The molecule has 0 aromatic heterocycles. The third-order valence-electron chi connectivity index (χ3n) is 2.72. The van der Waals surface area contributed by atoms with Gasteiger partial charge in [0.15, 0.2) is 5.96 Å². The summed E-state index contributed by atoms with van der Waals surface area (Å²) in [7, 11) is 0. The molecule has 14 heavy (non-hydrogen) atoms. The Labute approximate surface area is 84.9 Å². The fourth-order valence-corrected chi connectivity index (χ4v) is 1.70. The van der Waals surface area contributed by atoms with Gasteiger partial charge < -0.3 is 15.8 Å². The van der Waals surface area contributed by atoms with Gasteiger partial charge in [-0.3, -0.25) is 4.99 Å². The maximum atomic E-state index is 5.74. The van der Waals surface area contributed by atoms with Crippen LogP contribution in [0.5, 0.6) is 0 Å². The van der Waals surface area contributed by atoms with Crippen LogP contribution in [0.3, 0.4) is 0 Å². The lowest BCUT2D eigenvalue weighted by Crippen LogP contribution is -2.50. The molecule has 2 aliphatic carbocycles. The molecular weight excluding hydrogens is 178 g/mol. The highest BCUT2D eigenvalue weighted by molar-refractivity contribution is 5.78. The van der Waals surface area contributed by atoms with Gasteiger partial charge in [0.05, 0.1) is 12.1 Å². The van der Waals surface area contributed by atoms with Crippen LogP contribution in [0, 0.1) is 0 Å². The van der Waals surface area contributed by atoms with Crippen molar-refractivity contribution in [2.45, 2.75) is 50.8 Å². The number of hydrogen-bond acceptors (Lipinski definition) is 2. The van der Waals surface area contributed by atoms with Gasteiger partial charge >= 0.3 is 0 Å². The zero-order valence-electron chi connectivity index (χ0n) is 8.70. The van der Waals surface area contributed by atoms with Crippen LogP contribution in [0.15, 0.2) is 4.99 Å². The maximum absolute atomic E-state index is 5.74. The van der Waals surface area contributed by atoms with E-state index in [2.05, 4.69) is 10.3 Å². The molecule has 4 nitrogen and oxygen atoms in total. The van der Waals surface area contributed by atoms with Gasteiger partial charge in [-0.05, 0) is 32.6 Å². The molecule has 0 unspecified atom stereocenters. The highest BCUT2D eigenvalue weighted by atomic mass is 16.5. The van der Waals surface area contributed by atoms with Crippen molar-refractivity contribution >= 4 is 5.96 Å². The first-order valence-corrected chi connectivity index (χ1v) is 5.49. The number of nitrogens with zero attached hydrogens (tertiary/aromatic N) is 1. The van der Waals surface area contributed by atoms with Crippen molar-refractivity contribution in [1.29, 1.82) is 0 Å². The first-order valence-electron chi connectivity index (χ1n) is 5.49. The summed E-state index contributed by atoms with van der Waals surface area (Å²) in [5, 5.41) is 3.22. The first-order chi connectivity index (χ1) is 6.78. The molecule has 0 bridgehead atoms. The third kappa shape index (κ3) is 2.61. The summed E-state index contributed by atoms with van der Waals surface area (Å²) in [4.78, 5) is 4.32. The molecule has 0 amide bonds. The van der Waals surface area contributed by atoms with Gasteiger partial charge in [0.2, 0.25) is 0 Å². The summed E-state index contributed by atoms with van der Waals surface area (Å²) in [6.45, 7) is 2.84. The van der Waals surface area contributed by atoms with E-state index in [1.807, 2.05) is 6.92 Å². The van der Waals surface area contributed by atoms with E-state index in [0.717, 1.165) is 19.4 Å². The Balaban J connectivity index is 1.63. The average Bonchev–Trinajstić information content (AvgIpc) is 2.84. The van der Waals surface area contributed by atoms with Gasteiger partial charge in [0.1, 0.15) is 0 Å². The van der Waals surface area contributed by atoms with E-state index in [4.69, 9.17) is 10.5 Å². The highest BCUT2D eigenvalue weighted by Crippen LogP contribution is 2.25. The van der Waals surface area contributed by atoms with Crippen LogP contribution in [-0.4, -0.2) is 30.8 Å². The van der Waals surface area contributed by atoms with Crippen LogP contribution in [-0.2, 0) is 4.74 Å². The average molecular weight is 197 g/mol. The van der Waals surface area contributed by atoms with Gasteiger partial charge in [-0.1, -0.05) is 0 Å². The first kappa shape index (κ1) is 9.77. The van der Waals surface area contributed by atoms with Crippen LogP contribution in [0.25, 0.3) is 0 Å². The minimum atomic E-state index is 0.436. The van der Waals surface area contributed by atoms with Crippen LogP contribution >= 0.6 is 0 Å². The van der Waals surface area contributed by atoms with E-state index in [9.17, 15) is 0 Å². The lowest BCUT2D eigenvalue weighted by atomic mass is 9.89. The monoisotopic (exact) mass is 197 g/mol. The minimum Gasteiger partial charge on any atom is -0.378 e. The van der Waals surface area contributed by atoms with Gasteiger partial charge in [-0.2, -0.15) is 0 Å². The molecule has 2 rings (SSSR count). The minimum absolute atomic E-state index is 0.436.